The molecule has 3 aliphatic rings. The number of hydrogen-bond acceptors (Lipinski definition) is 4. The number of fused-ring (bicyclic) bond motifs is 1. The maximum absolute atomic E-state index is 14.3. The van der Waals surface area contributed by atoms with Crippen molar-refractivity contribution in [1.29, 1.82) is 0 Å². The van der Waals surface area contributed by atoms with Gasteiger partial charge in [0.1, 0.15) is 5.75 Å². The molecule has 0 unspecified atom stereocenters. The van der Waals surface area contributed by atoms with Crippen molar-refractivity contribution in [2.75, 3.05) is 31.6 Å². The van der Waals surface area contributed by atoms with Crippen LogP contribution in [0, 0.1) is 11.3 Å². The lowest BCUT2D eigenvalue weighted by Crippen LogP contribution is -2.49. The van der Waals surface area contributed by atoms with E-state index in [-0.39, 0.29) is 36.6 Å². The minimum absolute atomic E-state index is 0.0639. The topological polar surface area (TPSA) is 61.9 Å². The Morgan fingerprint density at radius 3 is 2.17 bits per heavy atom. The molecular weight excluding hydrogens is 552 g/mol. The number of nitrogens with zero attached hydrogens (tertiary/aromatic N) is 2. The van der Waals surface area contributed by atoms with Gasteiger partial charge in [0.25, 0.3) is 5.91 Å². The average molecular weight is 584 g/mol. The Bertz CT molecular complexity index is 1280. The summed E-state index contributed by atoms with van der Waals surface area (Å²) in [7, 11) is 1.58. The van der Waals surface area contributed by atoms with Crippen molar-refractivity contribution in [3.8, 4) is 5.75 Å². The molecule has 12 heteroatoms. The van der Waals surface area contributed by atoms with Crippen molar-refractivity contribution in [2.24, 2.45) is 11.3 Å². The van der Waals surface area contributed by atoms with Crippen LogP contribution in [0.2, 0.25) is 0 Å². The summed E-state index contributed by atoms with van der Waals surface area (Å²) in [5.41, 5.74) is -2.82. The third-order valence-electron chi connectivity index (χ3n) is 8.18. The molecule has 0 spiro atoms. The molecule has 41 heavy (non-hydrogen) atoms. The van der Waals surface area contributed by atoms with Gasteiger partial charge in [0.15, 0.2) is 6.61 Å². The number of likely N-dealkylation sites (N-methyl/N-ethyl adjacent to an activating group) is 1. The Balaban J connectivity index is 1.54. The zero-order valence-corrected chi connectivity index (χ0v) is 22.5. The Morgan fingerprint density at radius 2 is 1.59 bits per heavy atom. The van der Waals surface area contributed by atoms with Crippen LogP contribution in [-0.2, 0) is 35.0 Å². The number of amides is 2. The lowest BCUT2D eigenvalue weighted by molar-refractivity contribution is -0.146. The standard InChI is InChI=1S/C29H31F6N3O3/c1-37-23-12-19(4-5-24(23)41-17-25(37)39)15-38(26(40)27(14-18-2-3-18)6-8-36-9-7-27)16-20-10-21(28(30,31)32)13-22(11-20)29(33,34)35/h4-5,10-13,18,36H,2-3,6-9,14-17H2,1H3. The molecule has 2 aromatic carbocycles. The maximum atomic E-state index is 14.3. The fraction of sp³-hybridized carbons (Fsp3) is 0.517. The van der Waals surface area contributed by atoms with Gasteiger partial charge in [0, 0.05) is 20.1 Å². The largest absolute Gasteiger partial charge is 0.482 e. The number of alkyl halides is 6. The number of ether oxygens (including phenoxy) is 1. The van der Waals surface area contributed by atoms with Gasteiger partial charge in [-0.3, -0.25) is 9.59 Å². The second-order valence-electron chi connectivity index (χ2n) is 11.3. The highest BCUT2D eigenvalue weighted by molar-refractivity contribution is 5.97. The summed E-state index contributed by atoms with van der Waals surface area (Å²) >= 11 is 0. The van der Waals surface area contributed by atoms with E-state index >= 15 is 0 Å². The number of anilines is 1. The molecule has 0 atom stereocenters. The molecule has 222 valence electrons. The number of benzene rings is 2. The SMILES string of the molecule is CN1C(=O)COc2ccc(CN(Cc3cc(C(F)(F)F)cc(C(F)(F)F)c3)C(=O)C3(CC4CC4)CCNCC3)cc21. The monoisotopic (exact) mass is 583 g/mol. The van der Waals surface area contributed by atoms with E-state index in [0.29, 0.717) is 67.4 Å². The number of hydrogen-bond donors (Lipinski definition) is 1. The molecule has 2 aromatic rings. The second-order valence-corrected chi connectivity index (χ2v) is 11.3. The highest BCUT2D eigenvalue weighted by atomic mass is 19.4. The summed E-state index contributed by atoms with van der Waals surface area (Å²) in [5.74, 6) is 0.286. The van der Waals surface area contributed by atoms with E-state index in [1.807, 2.05) is 0 Å². The zero-order chi connectivity index (χ0) is 29.6. The van der Waals surface area contributed by atoms with E-state index in [2.05, 4.69) is 5.32 Å². The second kappa shape index (κ2) is 10.8. The molecule has 0 bridgehead atoms. The summed E-state index contributed by atoms with van der Waals surface area (Å²) in [5, 5.41) is 3.25. The Kier molecular flexibility index (Phi) is 7.73. The van der Waals surface area contributed by atoms with Crippen molar-refractivity contribution >= 4 is 17.5 Å². The molecule has 1 saturated heterocycles. The van der Waals surface area contributed by atoms with Gasteiger partial charge < -0.3 is 19.9 Å². The van der Waals surface area contributed by atoms with Gasteiger partial charge in [-0.15, -0.1) is 0 Å². The number of carbonyl (C=O) groups is 2. The predicted octanol–water partition coefficient (Wildman–Crippen LogP) is 5.78. The van der Waals surface area contributed by atoms with E-state index in [1.54, 1.807) is 25.2 Å². The third kappa shape index (κ3) is 6.47. The van der Waals surface area contributed by atoms with E-state index < -0.39 is 35.4 Å². The fourth-order valence-electron chi connectivity index (χ4n) is 5.79. The summed E-state index contributed by atoms with van der Waals surface area (Å²) in [6.45, 7) is 0.566. The van der Waals surface area contributed by atoms with Gasteiger partial charge in [-0.25, -0.2) is 0 Å². The Morgan fingerprint density at radius 1 is 0.976 bits per heavy atom. The first-order valence-corrected chi connectivity index (χ1v) is 13.6. The molecule has 1 N–H and O–H groups in total. The van der Waals surface area contributed by atoms with Crippen LogP contribution < -0.4 is 15.0 Å². The van der Waals surface area contributed by atoms with Crippen molar-refractivity contribution in [3.63, 3.8) is 0 Å². The maximum Gasteiger partial charge on any atom is 0.416 e. The summed E-state index contributed by atoms with van der Waals surface area (Å²) < 4.78 is 87.1. The van der Waals surface area contributed by atoms with E-state index in [1.165, 1.54) is 9.80 Å². The van der Waals surface area contributed by atoms with Gasteiger partial charge in [0.2, 0.25) is 5.91 Å². The molecule has 0 radical (unpaired) electrons. The number of piperidine rings is 1. The van der Waals surface area contributed by atoms with Crippen molar-refractivity contribution in [2.45, 2.75) is 57.5 Å². The van der Waals surface area contributed by atoms with Crippen molar-refractivity contribution < 1.29 is 40.7 Å². The molecule has 2 aliphatic heterocycles. The van der Waals surface area contributed by atoms with Gasteiger partial charge in [-0.1, -0.05) is 18.9 Å². The van der Waals surface area contributed by atoms with Crippen LogP contribution in [0.25, 0.3) is 0 Å². The van der Waals surface area contributed by atoms with Gasteiger partial charge in [0.05, 0.1) is 22.2 Å². The lowest BCUT2D eigenvalue weighted by atomic mass is 9.73. The molecule has 0 aromatic heterocycles. The predicted molar refractivity (Wildman–Crippen MR) is 138 cm³/mol. The quantitative estimate of drug-likeness (QED) is 0.420. The first kappa shape index (κ1) is 29.2. The van der Waals surface area contributed by atoms with E-state index in [4.69, 9.17) is 4.74 Å². The van der Waals surface area contributed by atoms with Crippen LogP contribution in [0.4, 0.5) is 32.0 Å². The first-order valence-electron chi connectivity index (χ1n) is 13.6. The normalized spacial score (nSPS) is 19.0. The average Bonchev–Trinajstić information content (AvgIpc) is 3.73. The van der Waals surface area contributed by atoms with Crippen LogP contribution in [-0.4, -0.2) is 43.5 Å². The van der Waals surface area contributed by atoms with Crippen LogP contribution in [0.3, 0.4) is 0 Å². The van der Waals surface area contributed by atoms with Crippen LogP contribution in [0.15, 0.2) is 36.4 Å². The van der Waals surface area contributed by atoms with Gasteiger partial charge in [-0.05, 0) is 79.7 Å². The van der Waals surface area contributed by atoms with Crippen LogP contribution >= 0.6 is 0 Å². The molecule has 5 rings (SSSR count). The van der Waals surface area contributed by atoms with E-state index in [0.717, 1.165) is 12.8 Å². The minimum atomic E-state index is -5.00. The van der Waals surface area contributed by atoms with Crippen molar-refractivity contribution in [3.05, 3.63) is 58.7 Å². The Hall–Kier alpha value is -3.28. The van der Waals surface area contributed by atoms with E-state index in [9.17, 15) is 35.9 Å². The van der Waals surface area contributed by atoms with Crippen molar-refractivity contribution in [1.82, 2.24) is 10.2 Å². The molecule has 6 nitrogen and oxygen atoms in total. The molecule has 1 aliphatic carbocycles. The third-order valence-corrected chi connectivity index (χ3v) is 8.18. The molecule has 2 heterocycles. The van der Waals surface area contributed by atoms with Crippen LogP contribution in [0.5, 0.6) is 5.75 Å². The molecular formula is C29H31F6N3O3. The summed E-state index contributed by atoms with van der Waals surface area (Å²) in [6, 6.07) is 6.44. The summed E-state index contributed by atoms with van der Waals surface area (Å²) in [6.07, 6.45) is -6.30. The van der Waals surface area contributed by atoms with Gasteiger partial charge in [-0.2, -0.15) is 26.3 Å². The molecule has 2 amide bonds. The number of rotatable bonds is 7. The number of carbonyl (C=O) groups excluding carboxylic acids is 2. The number of nitrogens with one attached hydrogen (secondary N) is 1. The highest BCUT2D eigenvalue weighted by Crippen LogP contribution is 2.46. The smallest absolute Gasteiger partial charge is 0.416 e. The van der Waals surface area contributed by atoms with Crippen LogP contribution in [0.1, 0.15) is 54.4 Å². The lowest BCUT2D eigenvalue weighted by Gasteiger charge is -2.41. The molecule has 2 fully saturated rings. The Labute approximate surface area is 233 Å². The molecule has 1 saturated carbocycles. The highest BCUT2D eigenvalue weighted by Gasteiger charge is 2.46. The van der Waals surface area contributed by atoms with Gasteiger partial charge >= 0.3 is 12.4 Å². The minimum Gasteiger partial charge on any atom is -0.482 e. The fourth-order valence-corrected chi connectivity index (χ4v) is 5.79. The number of halogens is 6. The summed E-state index contributed by atoms with van der Waals surface area (Å²) in [4.78, 5) is 29.3. The first-order chi connectivity index (χ1) is 19.2. The zero-order valence-electron chi connectivity index (χ0n) is 22.5.